The van der Waals surface area contributed by atoms with Crippen LogP contribution in [0.3, 0.4) is 0 Å². The van der Waals surface area contributed by atoms with Gasteiger partial charge in [0.15, 0.2) is 0 Å². The second-order valence-electron chi connectivity index (χ2n) is 4.99. The van der Waals surface area contributed by atoms with Crippen molar-refractivity contribution in [1.29, 1.82) is 0 Å². The van der Waals surface area contributed by atoms with Gasteiger partial charge in [0.05, 0.1) is 13.7 Å². The van der Waals surface area contributed by atoms with E-state index < -0.39 is 0 Å². The third-order valence-corrected chi connectivity index (χ3v) is 4.04. The fourth-order valence-electron chi connectivity index (χ4n) is 1.66. The number of aliphatic hydroxyl groups is 1. The Morgan fingerprint density at radius 3 is 2.63 bits per heavy atom. The summed E-state index contributed by atoms with van der Waals surface area (Å²) in [6.45, 7) is 7.39. The molecule has 4 heteroatoms. The smallest absolute Gasteiger partial charge is 0.122 e. The Morgan fingerprint density at radius 1 is 1.32 bits per heavy atom. The summed E-state index contributed by atoms with van der Waals surface area (Å²) in [6, 6.07) is 6.79. The molecule has 0 bridgehead atoms. The Labute approximate surface area is 120 Å². The molecule has 0 heterocycles. The Hall–Kier alpha value is -0.710. The molecule has 0 radical (unpaired) electrons. The number of hydrogen-bond donors (Lipinski definition) is 2. The number of benzene rings is 1. The quantitative estimate of drug-likeness (QED) is 0.770. The molecule has 0 amide bonds. The average Bonchev–Trinajstić information content (AvgIpc) is 2.42. The van der Waals surface area contributed by atoms with Gasteiger partial charge >= 0.3 is 0 Å². The molecule has 1 atom stereocenters. The molecule has 108 valence electrons. The van der Waals surface area contributed by atoms with Crippen molar-refractivity contribution in [2.45, 2.75) is 44.4 Å². The van der Waals surface area contributed by atoms with Crippen LogP contribution in [0.15, 0.2) is 18.2 Å². The Morgan fingerprint density at radius 2 is 2.05 bits per heavy atom. The van der Waals surface area contributed by atoms with Crippen molar-refractivity contribution in [1.82, 2.24) is 5.32 Å². The first-order chi connectivity index (χ1) is 9.06. The molecule has 0 saturated heterocycles. The van der Waals surface area contributed by atoms with Gasteiger partial charge in [0.25, 0.3) is 0 Å². The van der Waals surface area contributed by atoms with Crippen molar-refractivity contribution in [3.63, 3.8) is 0 Å². The first-order valence-corrected chi connectivity index (χ1v) is 7.73. The number of methoxy groups -OCH3 is 1. The van der Waals surface area contributed by atoms with Gasteiger partial charge < -0.3 is 15.2 Å². The first-order valence-electron chi connectivity index (χ1n) is 6.68. The Balaban J connectivity index is 2.72. The van der Waals surface area contributed by atoms with Gasteiger partial charge in [0.2, 0.25) is 0 Å². The topological polar surface area (TPSA) is 41.5 Å². The summed E-state index contributed by atoms with van der Waals surface area (Å²) in [6.07, 6.45) is 0. The number of thioether (sulfide) groups is 1. The fourth-order valence-corrected chi connectivity index (χ4v) is 2.46. The van der Waals surface area contributed by atoms with Crippen molar-refractivity contribution in [3.8, 4) is 5.75 Å². The molecule has 0 aromatic heterocycles. The van der Waals surface area contributed by atoms with Crippen LogP contribution >= 0.6 is 11.8 Å². The van der Waals surface area contributed by atoms with Gasteiger partial charge in [-0.15, -0.1) is 0 Å². The van der Waals surface area contributed by atoms with E-state index in [4.69, 9.17) is 9.84 Å². The van der Waals surface area contributed by atoms with Gasteiger partial charge in [0.1, 0.15) is 5.75 Å². The Bertz CT molecular complexity index is 382. The van der Waals surface area contributed by atoms with Crippen molar-refractivity contribution in [3.05, 3.63) is 29.3 Å². The van der Waals surface area contributed by atoms with Gasteiger partial charge in [0, 0.05) is 29.2 Å². The van der Waals surface area contributed by atoms with Crippen molar-refractivity contribution >= 4 is 11.8 Å². The molecule has 0 saturated carbocycles. The monoisotopic (exact) mass is 283 g/mol. The molecule has 0 spiro atoms. The van der Waals surface area contributed by atoms with E-state index in [0.717, 1.165) is 18.0 Å². The maximum atomic E-state index is 9.08. The summed E-state index contributed by atoms with van der Waals surface area (Å²) in [4.78, 5) is 0. The molecule has 3 nitrogen and oxygen atoms in total. The van der Waals surface area contributed by atoms with Crippen LogP contribution in [-0.4, -0.2) is 30.1 Å². The zero-order chi connectivity index (χ0) is 14.3. The van der Waals surface area contributed by atoms with Crippen LogP contribution in [0.1, 0.15) is 31.9 Å². The summed E-state index contributed by atoms with van der Waals surface area (Å²) in [5.41, 5.74) is 2.46. The Kier molecular flexibility index (Phi) is 7.28. The van der Waals surface area contributed by atoms with E-state index in [1.165, 1.54) is 11.1 Å². The lowest BCUT2D eigenvalue weighted by molar-refractivity contribution is 0.300. The van der Waals surface area contributed by atoms with E-state index in [1.807, 2.05) is 13.0 Å². The van der Waals surface area contributed by atoms with Gasteiger partial charge in [-0.05, 0) is 17.7 Å². The van der Waals surface area contributed by atoms with E-state index in [2.05, 4.69) is 31.3 Å². The minimum absolute atomic E-state index is 0.210. The molecule has 1 rings (SSSR count). The molecule has 0 aliphatic rings. The lowest BCUT2D eigenvalue weighted by atomic mass is 10.1. The highest BCUT2D eigenvalue weighted by Crippen LogP contribution is 2.26. The van der Waals surface area contributed by atoms with E-state index in [1.54, 1.807) is 18.9 Å². The highest BCUT2D eigenvalue weighted by molar-refractivity contribution is 7.99. The maximum Gasteiger partial charge on any atom is 0.122 e. The average molecular weight is 283 g/mol. The van der Waals surface area contributed by atoms with E-state index in [9.17, 15) is 0 Å². The third-order valence-electron chi connectivity index (χ3n) is 2.84. The molecule has 0 aliphatic heterocycles. The maximum absolute atomic E-state index is 9.08. The zero-order valence-electron chi connectivity index (χ0n) is 12.3. The van der Waals surface area contributed by atoms with Crippen LogP contribution in [0.4, 0.5) is 0 Å². The summed E-state index contributed by atoms with van der Waals surface area (Å²) < 4.78 is 5.40. The van der Waals surface area contributed by atoms with E-state index in [-0.39, 0.29) is 11.9 Å². The molecule has 1 unspecified atom stereocenters. The molecule has 1 aromatic rings. The van der Waals surface area contributed by atoms with Gasteiger partial charge in [-0.3, -0.25) is 0 Å². The zero-order valence-corrected chi connectivity index (χ0v) is 13.1. The highest BCUT2D eigenvalue weighted by Gasteiger charge is 2.08. The normalized spacial score (nSPS) is 12.7. The first kappa shape index (κ1) is 16.3. The summed E-state index contributed by atoms with van der Waals surface area (Å²) >= 11 is 1.74. The van der Waals surface area contributed by atoms with Gasteiger partial charge in [-0.2, -0.15) is 11.8 Å². The molecule has 1 aromatic carbocycles. The predicted octanol–water partition coefficient (Wildman–Crippen LogP) is 2.81. The van der Waals surface area contributed by atoms with Crippen molar-refractivity contribution in [2.24, 2.45) is 0 Å². The summed E-state index contributed by atoms with van der Waals surface area (Å²) in [7, 11) is 1.70. The standard InChI is InChI=1S/C15H25NO2S/c1-11(2)16-8-13-5-6-15(18-4)14(7-13)10-19-12(3)9-17/h5-7,11-12,16-17H,8-10H2,1-4H3. The second kappa shape index (κ2) is 8.46. The molecule has 2 N–H and O–H groups in total. The van der Waals surface area contributed by atoms with Crippen molar-refractivity contribution < 1.29 is 9.84 Å². The van der Waals surface area contributed by atoms with Crippen LogP contribution in [0.2, 0.25) is 0 Å². The van der Waals surface area contributed by atoms with E-state index in [0.29, 0.717) is 6.04 Å². The number of ether oxygens (including phenoxy) is 1. The third kappa shape index (κ3) is 5.85. The fraction of sp³-hybridized carbons (Fsp3) is 0.600. The molecule has 19 heavy (non-hydrogen) atoms. The summed E-state index contributed by atoms with van der Waals surface area (Å²) in [5, 5.41) is 12.7. The minimum Gasteiger partial charge on any atom is -0.496 e. The minimum atomic E-state index is 0.210. The van der Waals surface area contributed by atoms with Gasteiger partial charge in [-0.1, -0.05) is 26.8 Å². The predicted molar refractivity (Wildman–Crippen MR) is 82.8 cm³/mol. The lowest BCUT2D eigenvalue weighted by Crippen LogP contribution is -2.21. The van der Waals surface area contributed by atoms with Crippen LogP contribution in [0.25, 0.3) is 0 Å². The molecular weight excluding hydrogens is 258 g/mol. The summed E-state index contributed by atoms with van der Waals surface area (Å²) in [5.74, 6) is 1.78. The second-order valence-corrected chi connectivity index (χ2v) is 6.41. The number of hydrogen-bond acceptors (Lipinski definition) is 4. The van der Waals surface area contributed by atoms with Crippen molar-refractivity contribution in [2.75, 3.05) is 13.7 Å². The number of aliphatic hydroxyl groups excluding tert-OH is 1. The molecule has 0 fully saturated rings. The largest absolute Gasteiger partial charge is 0.496 e. The molecule has 0 aliphatic carbocycles. The number of nitrogens with one attached hydrogen (secondary N) is 1. The van der Waals surface area contributed by atoms with Crippen LogP contribution in [-0.2, 0) is 12.3 Å². The highest BCUT2D eigenvalue weighted by atomic mass is 32.2. The number of rotatable bonds is 8. The van der Waals surface area contributed by atoms with Crippen LogP contribution in [0, 0.1) is 0 Å². The van der Waals surface area contributed by atoms with Crippen LogP contribution in [0.5, 0.6) is 5.75 Å². The SMILES string of the molecule is COc1ccc(CNC(C)C)cc1CSC(C)CO. The lowest BCUT2D eigenvalue weighted by Gasteiger charge is -2.14. The molecular formula is C15H25NO2S. The van der Waals surface area contributed by atoms with Crippen LogP contribution < -0.4 is 10.1 Å². The van der Waals surface area contributed by atoms with E-state index >= 15 is 0 Å². The van der Waals surface area contributed by atoms with Gasteiger partial charge in [-0.25, -0.2) is 0 Å².